The molecule has 3 nitrogen and oxygen atoms in total. The van der Waals surface area contributed by atoms with Crippen LogP contribution in [0.25, 0.3) is 0 Å². The molecule has 0 aromatic heterocycles. The van der Waals surface area contributed by atoms with Crippen LogP contribution in [0, 0.1) is 19.3 Å². The fraction of sp³-hybridized carbons (Fsp3) is 0.538. The zero-order chi connectivity index (χ0) is 12.5. The summed E-state index contributed by atoms with van der Waals surface area (Å²) >= 11 is -2.06. The molecular weight excluding hydrogens is 279 g/mol. The van der Waals surface area contributed by atoms with Gasteiger partial charge in [-0.15, -0.1) is 0 Å². The Hall–Kier alpha value is -0.502. The maximum absolute atomic E-state index is 5.91. The molecule has 4 heteroatoms. The summed E-state index contributed by atoms with van der Waals surface area (Å²) in [6.07, 6.45) is 0. The van der Waals surface area contributed by atoms with Gasteiger partial charge in [0.2, 0.25) is 0 Å². The van der Waals surface area contributed by atoms with Crippen molar-refractivity contribution in [2.45, 2.75) is 27.7 Å². The maximum atomic E-state index is 5.91. The SMILES string of the molecule is Cc1cccc(C)c1O[As]1OCC(C)(C)CO1. The van der Waals surface area contributed by atoms with E-state index in [4.69, 9.17) is 11.2 Å². The van der Waals surface area contributed by atoms with E-state index in [1.165, 1.54) is 0 Å². The van der Waals surface area contributed by atoms with Gasteiger partial charge >= 0.3 is 108 Å². The molecule has 0 saturated carbocycles. The number of para-hydroxylation sites is 1. The molecule has 1 aromatic rings. The van der Waals surface area contributed by atoms with E-state index in [1.54, 1.807) is 0 Å². The van der Waals surface area contributed by atoms with E-state index in [1.807, 2.05) is 32.0 Å². The van der Waals surface area contributed by atoms with Crippen LogP contribution in [0.15, 0.2) is 18.2 Å². The molecule has 1 aliphatic heterocycles. The van der Waals surface area contributed by atoms with Crippen molar-refractivity contribution < 1.29 is 11.2 Å². The van der Waals surface area contributed by atoms with Gasteiger partial charge in [0.25, 0.3) is 0 Å². The van der Waals surface area contributed by atoms with Gasteiger partial charge in [0.1, 0.15) is 0 Å². The van der Waals surface area contributed by atoms with Crippen molar-refractivity contribution in [1.82, 2.24) is 0 Å². The van der Waals surface area contributed by atoms with Gasteiger partial charge in [-0.2, -0.15) is 0 Å². The van der Waals surface area contributed by atoms with E-state index in [-0.39, 0.29) is 5.41 Å². The van der Waals surface area contributed by atoms with Crippen LogP contribution in [0.2, 0.25) is 0 Å². The Morgan fingerprint density at radius 3 is 2.18 bits per heavy atom. The summed E-state index contributed by atoms with van der Waals surface area (Å²) < 4.78 is 17.3. The van der Waals surface area contributed by atoms with Crippen molar-refractivity contribution in [2.75, 3.05) is 13.2 Å². The quantitative estimate of drug-likeness (QED) is 0.786. The molecule has 0 amide bonds. The molecule has 1 aromatic carbocycles. The van der Waals surface area contributed by atoms with Crippen molar-refractivity contribution in [1.29, 1.82) is 0 Å². The number of hydrogen-bond donors (Lipinski definition) is 0. The van der Waals surface area contributed by atoms with Gasteiger partial charge in [0.05, 0.1) is 0 Å². The van der Waals surface area contributed by atoms with Crippen molar-refractivity contribution in [3.05, 3.63) is 29.3 Å². The Bertz CT molecular complexity index is 373. The molecular formula is C13H19AsO3. The van der Waals surface area contributed by atoms with Gasteiger partial charge < -0.3 is 0 Å². The van der Waals surface area contributed by atoms with Crippen LogP contribution in [-0.2, 0) is 7.45 Å². The van der Waals surface area contributed by atoms with Crippen LogP contribution < -0.4 is 3.73 Å². The van der Waals surface area contributed by atoms with E-state index < -0.39 is 15.7 Å². The van der Waals surface area contributed by atoms with Gasteiger partial charge in [0.15, 0.2) is 0 Å². The molecule has 0 N–H and O–H groups in total. The van der Waals surface area contributed by atoms with Gasteiger partial charge in [-0.1, -0.05) is 0 Å². The summed E-state index contributed by atoms with van der Waals surface area (Å²) in [5, 5.41) is 0. The zero-order valence-corrected chi connectivity index (χ0v) is 12.7. The molecule has 17 heavy (non-hydrogen) atoms. The number of hydrogen-bond acceptors (Lipinski definition) is 3. The molecule has 1 fully saturated rings. The molecule has 0 unspecified atom stereocenters. The Morgan fingerprint density at radius 2 is 1.65 bits per heavy atom. The van der Waals surface area contributed by atoms with E-state index >= 15 is 0 Å². The van der Waals surface area contributed by atoms with Gasteiger partial charge in [0, 0.05) is 0 Å². The molecule has 1 heterocycles. The molecule has 0 bridgehead atoms. The number of rotatable bonds is 2. The average Bonchev–Trinajstić information content (AvgIpc) is 2.26. The van der Waals surface area contributed by atoms with Crippen LogP contribution in [0.4, 0.5) is 0 Å². The first-order valence-corrected chi connectivity index (χ1v) is 8.08. The average molecular weight is 298 g/mol. The Labute approximate surface area is 108 Å². The molecule has 0 radical (unpaired) electrons. The molecule has 1 aliphatic rings. The van der Waals surface area contributed by atoms with Crippen LogP contribution in [0.1, 0.15) is 25.0 Å². The van der Waals surface area contributed by atoms with Crippen molar-refractivity contribution in [3.8, 4) is 5.75 Å². The van der Waals surface area contributed by atoms with Crippen LogP contribution in [0.5, 0.6) is 5.75 Å². The second-order valence-corrected chi connectivity index (χ2v) is 7.65. The summed E-state index contributed by atoms with van der Waals surface area (Å²) in [7, 11) is 0. The monoisotopic (exact) mass is 298 g/mol. The molecule has 0 aliphatic carbocycles. The fourth-order valence-electron chi connectivity index (χ4n) is 1.60. The standard InChI is InChI=1S/C13H19AsO3/c1-10-6-5-7-11(2)12(10)17-14-15-8-13(3,4)9-16-14/h5-7H,8-9H2,1-4H3. The first kappa shape index (κ1) is 12.9. The van der Waals surface area contributed by atoms with Crippen LogP contribution in [-0.4, -0.2) is 28.9 Å². The third-order valence-corrected chi connectivity index (χ3v) is 4.82. The summed E-state index contributed by atoms with van der Waals surface area (Å²) in [4.78, 5) is 0. The molecule has 0 atom stereocenters. The van der Waals surface area contributed by atoms with E-state index in [9.17, 15) is 0 Å². The third kappa shape index (κ3) is 3.25. The van der Waals surface area contributed by atoms with Gasteiger partial charge in [-0.05, 0) is 0 Å². The molecule has 2 rings (SSSR count). The Balaban J connectivity index is 2.03. The van der Waals surface area contributed by atoms with Gasteiger partial charge in [-0.3, -0.25) is 0 Å². The van der Waals surface area contributed by atoms with Crippen molar-refractivity contribution >= 4 is 15.7 Å². The molecule has 94 valence electrons. The predicted octanol–water partition coefficient (Wildman–Crippen LogP) is 2.74. The fourth-order valence-corrected chi connectivity index (χ4v) is 4.81. The summed E-state index contributed by atoms with van der Waals surface area (Å²) in [5.74, 6) is 0.923. The summed E-state index contributed by atoms with van der Waals surface area (Å²) in [6.45, 7) is 9.81. The minimum absolute atomic E-state index is 0.107. The second-order valence-electron chi connectivity index (χ2n) is 5.25. The van der Waals surface area contributed by atoms with E-state index in [0.29, 0.717) is 0 Å². The van der Waals surface area contributed by atoms with Crippen LogP contribution >= 0.6 is 0 Å². The Kier molecular flexibility index (Phi) is 3.81. The number of benzene rings is 1. The predicted molar refractivity (Wildman–Crippen MR) is 68.0 cm³/mol. The number of aryl methyl sites for hydroxylation is 2. The van der Waals surface area contributed by atoms with Crippen molar-refractivity contribution in [2.24, 2.45) is 5.41 Å². The first-order valence-electron chi connectivity index (χ1n) is 5.78. The second kappa shape index (κ2) is 5.01. The third-order valence-electron chi connectivity index (χ3n) is 2.70. The zero-order valence-electron chi connectivity index (χ0n) is 10.8. The minimum atomic E-state index is -2.06. The van der Waals surface area contributed by atoms with E-state index in [0.717, 1.165) is 30.1 Å². The first-order chi connectivity index (χ1) is 7.98. The molecule has 0 spiro atoms. The summed E-state index contributed by atoms with van der Waals surface area (Å²) in [5.41, 5.74) is 2.38. The topological polar surface area (TPSA) is 27.7 Å². The van der Waals surface area contributed by atoms with Gasteiger partial charge in [-0.25, -0.2) is 0 Å². The van der Waals surface area contributed by atoms with E-state index in [2.05, 4.69) is 13.8 Å². The van der Waals surface area contributed by atoms with Crippen LogP contribution in [0.3, 0.4) is 0 Å². The van der Waals surface area contributed by atoms with Crippen molar-refractivity contribution in [3.63, 3.8) is 0 Å². The Morgan fingerprint density at radius 1 is 1.12 bits per heavy atom. The molecule has 1 saturated heterocycles. The normalized spacial score (nSPS) is 20.2. The summed E-state index contributed by atoms with van der Waals surface area (Å²) in [6, 6.07) is 6.13.